The highest BCUT2D eigenvalue weighted by molar-refractivity contribution is 5.94. The van der Waals surface area contributed by atoms with Gasteiger partial charge in [-0.3, -0.25) is 14.4 Å². The summed E-state index contributed by atoms with van der Waals surface area (Å²) in [6.45, 7) is 11.2. The Morgan fingerprint density at radius 1 is 1.24 bits per heavy atom. The monoisotopic (exact) mass is 342 g/mol. The Balaban J connectivity index is 1.83. The SMILES string of the molecule is C=CCN(CC=C)C1CCc2c(c(C(=O)N3CCCCC3)nn2C)C1. The van der Waals surface area contributed by atoms with E-state index < -0.39 is 0 Å². The van der Waals surface area contributed by atoms with Gasteiger partial charge < -0.3 is 4.90 Å². The molecule has 0 radical (unpaired) electrons. The smallest absolute Gasteiger partial charge is 0.274 e. The summed E-state index contributed by atoms with van der Waals surface area (Å²) in [5.74, 6) is 0.121. The van der Waals surface area contributed by atoms with Crippen LogP contribution in [0.4, 0.5) is 0 Å². The molecule has 2 aliphatic rings. The number of rotatable bonds is 6. The molecule has 5 heteroatoms. The molecule has 0 spiro atoms. The Morgan fingerprint density at radius 3 is 2.56 bits per heavy atom. The normalized spacial score (nSPS) is 20.4. The third-order valence-electron chi connectivity index (χ3n) is 5.52. The van der Waals surface area contributed by atoms with Crippen molar-refractivity contribution < 1.29 is 4.79 Å². The minimum Gasteiger partial charge on any atom is -0.337 e. The van der Waals surface area contributed by atoms with Crippen LogP contribution in [-0.2, 0) is 19.9 Å². The molecule has 25 heavy (non-hydrogen) atoms. The van der Waals surface area contributed by atoms with Crippen LogP contribution < -0.4 is 0 Å². The van der Waals surface area contributed by atoms with E-state index in [9.17, 15) is 4.79 Å². The first-order valence-corrected chi connectivity index (χ1v) is 9.45. The number of carbonyl (C=O) groups excluding carboxylic acids is 1. The number of aromatic nitrogens is 2. The zero-order valence-electron chi connectivity index (χ0n) is 15.4. The zero-order valence-corrected chi connectivity index (χ0v) is 15.4. The molecule has 0 N–H and O–H groups in total. The van der Waals surface area contributed by atoms with Crippen LogP contribution in [-0.4, -0.2) is 57.7 Å². The van der Waals surface area contributed by atoms with Crippen LogP contribution in [0.15, 0.2) is 25.3 Å². The highest BCUT2D eigenvalue weighted by atomic mass is 16.2. The van der Waals surface area contributed by atoms with Crippen molar-refractivity contribution in [3.05, 3.63) is 42.3 Å². The Labute approximate surface area is 151 Å². The summed E-state index contributed by atoms with van der Waals surface area (Å²) >= 11 is 0. The van der Waals surface area contributed by atoms with Gasteiger partial charge in [0.2, 0.25) is 0 Å². The van der Waals surface area contributed by atoms with Crippen molar-refractivity contribution >= 4 is 5.91 Å². The van der Waals surface area contributed by atoms with Crippen molar-refractivity contribution in [1.82, 2.24) is 19.6 Å². The Kier molecular flexibility index (Phi) is 5.74. The highest BCUT2D eigenvalue weighted by Crippen LogP contribution is 2.28. The molecule has 136 valence electrons. The van der Waals surface area contributed by atoms with Crippen LogP contribution in [0.5, 0.6) is 0 Å². The number of fused-ring (bicyclic) bond motifs is 1. The third kappa shape index (κ3) is 3.71. The zero-order chi connectivity index (χ0) is 17.8. The van der Waals surface area contributed by atoms with E-state index in [0.717, 1.165) is 63.8 Å². The summed E-state index contributed by atoms with van der Waals surface area (Å²) in [6.07, 6.45) is 10.3. The van der Waals surface area contributed by atoms with Gasteiger partial charge in [-0.05, 0) is 38.5 Å². The van der Waals surface area contributed by atoms with E-state index in [1.165, 1.54) is 12.1 Å². The molecule has 1 aliphatic heterocycles. The fourth-order valence-electron chi connectivity index (χ4n) is 4.21. The number of piperidine rings is 1. The molecule has 1 unspecified atom stereocenters. The fraction of sp³-hybridized carbons (Fsp3) is 0.600. The Bertz CT molecular complexity index is 632. The van der Waals surface area contributed by atoms with Crippen LogP contribution in [0.1, 0.15) is 47.4 Å². The molecule has 0 bridgehead atoms. The predicted molar refractivity (Wildman–Crippen MR) is 101 cm³/mol. The molecular weight excluding hydrogens is 312 g/mol. The van der Waals surface area contributed by atoms with Gasteiger partial charge in [-0.25, -0.2) is 0 Å². The minimum absolute atomic E-state index is 0.121. The van der Waals surface area contributed by atoms with Crippen molar-refractivity contribution in [2.75, 3.05) is 26.2 Å². The van der Waals surface area contributed by atoms with E-state index in [4.69, 9.17) is 0 Å². The summed E-state index contributed by atoms with van der Waals surface area (Å²) in [7, 11) is 1.97. The van der Waals surface area contributed by atoms with Gasteiger partial charge in [0.05, 0.1) is 0 Å². The van der Waals surface area contributed by atoms with Crippen LogP contribution in [0.3, 0.4) is 0 Å². The maximum Gasteiger partial charge on any atom is 0.274 e. The summed E-state index contributed by atoms with van der Waals surface area (Å²) in [4.78, 5) is 17.4. The predicted octanol–water partition coefficient (Wildman–Crippen LogP) is 2.58. The molecule has 1 fully saturated rings. The molecule has 1 aromatic heterocycles. The molecule has 0 aromatic carbocycles. The lowest BCUT2D eigenvalue weighted by atomic mass is 9.90. The lowest BCUT2D eigenvalue weighted by Crippen LogP contribution is -2.41. The first kappa shape index (κ1) is 17.9. The summed E-state index contributed by atoms with van der Waals surface area (Å²) in [5, 5.41) is 4.62. The number of likely N-dealkylation sites (tertiary alicyclic amines) is 1. The molecule has 1 aliphatic carbocycles. The molecule has 1 aromatic rings. The lowest BCUT2D eigenvalue weighted by Gasteiger charge is -2.33. The van der Waals surface area contributed by atoms with Gasteiger partial charge in [0.25, 0.3) is 5.91 Å². The van der Waals surface area contributed by atoms with E-state index in [1.807, 2.05) is 28.8 Å². The average Bonchev–Trinajstić information content (AvgIpc) is 2.98. The van der Waals surface area contributed by atoms with Gasteiger partial charge >= 0.3 is 0 Å². The Morgan fingerprint density at radius 2 is 1.92 bits per heavy atom. The van der Waals surface area contributed by atoms with Gasteiger partial charge in [-0.15, -0.1) is 13.2 Å². The maximum absolute atomic E-state index is 13.0. The highest BCUT2D eigenvalue weighted by Gasteiger charge is 2.32. The average molecular weight is 342 g/mol. The number of nitrogens with zero attached hydrogens (tertiary/aromatic N) is 4. The van der Waals surface area contributed by atoms with Crippen molar-refractivity contribution in [2.45, 2.75) is 44.6 Å². The molecule has 1 amide bonds. The molecule has 1 atom stereocenters. The number of aryl methyl sites for hydroxylation is 1. The Hall–Kier alpha value is -1.88. The number of hydrogen-bond acceptors (Lipinski definition) is 3. The summed E-state index contributed by atoms with van der Waals surface area (Å²) in [5.41, 5.74) is 3.07. The largest absolute Gasteiger partial charge is 0.337 e. The van der Waals surface area contributed by atoms with Crippen molar-refractivity contribution in [3.63, 3.8) is 0 Å². The lowest BCUT2D eigenvalue weighted by molar-refractivity contribution is 0.0715. The minimum atomic E-state index is 0.121. The van der Waals surface area contributed by atoms with Crippen LogP contribution in [0, 0.1) is 0 Å². The van der Waals surface area contributed by atoms with Gasteiger partial charge in [-0.1, -0.05) is 12.2 Å². The van der Waals surface area contributed by atoms with E-state index in [0.29, 0.717) is 11.7 Å². The second-order valence-corrected chi connectivity index (χ2v) is 7.18. The molecule has 2 heterocycles. The topological polar surface area (TPSA) is 41.4 Å². The summed E-state index contributed by atoms with van der Waals surface area (Å²) < 4.78 is 1.92. The van der Waals surface area contributed by atoms with Gasteiger partial charge in [0.1, 0.15) is 0 Å². The standard InChI is InChI=1S/C20H30N4O/c1-4-11-23(12-5-2)16-9-10-18-17(15-16)19(21-22(18)3)20(25)24-13-7-6-8-14-24/h4-5,16H,1-2,6-15H2,3H3. The number of hydrogen-bond donors (Lipinski definition) is 0. The van der Waals surface area contributed by atoms with Crippen LogP contribution in [0.25, 0.3) is 0 Å². The second kappa shape index (κ2) is 8.00. The van der Waals surface area contributed by atoms with Crippen molar-refractivity contribution in [2.24, 2.45) is 7.05 Å². The molecule has 1 saturated heterocycles. The summed E-state index contributed by atoms with van der Waals surface area (Å²) in [6, 6.07) is 0.417. The molecule has 0 saturated carbocycles. The molecule has 3 rings (SSSR count). The van der Waals surface area contributed by atoms with Gasteiger partial charge in [0.15, 0.2) is 5.69 Å². The number of carbonyl (C=O) groups is 1. The van der Waals surface area contributed by atoms with Gasteiger partial charge in [-0.2, -0.15) is 5.10 Å². The first-order chi connectivity index (χ1) is 12.2. The first-order valence-electron chi connectivity index (χ1n) is 9.45. The van der Waals surface area contributed by atoms with E-state index >= 15 is 0 Å². The van der Waals surface area contributed by atoms with Crippen LogP contribution >= 0.6 is 0 Å². The van der Waals surface area contributed by atoms with Crippen LogP contribution in [0.2, 0.25) is 0 Å². The van der Waals surface area contributed by atoms with E-state index in [-0.39, 0.29) is 5.91 Å². The third-order valence-corrected chi connectivity index (χ3v) is 5.52. The number of amides is 1. The fourth-order valence-corrected chi connectivity index (χ4v) is 4.21. The molecular formula is C20H30N4O. The van der Waals surface area contributed by atoms with E-state index in [1.54, 1.807) is 0 Å². The van der Waals surface area contributed by atoms with E-state index in [2.05, 4.69) is 23.2 Å². The molecule has 5 nitrogen and oxygen atoms in total. The van der Waals surface area contributed by atoms with Crippen molar-refractivity contribution in [3.8, 4) is 0 Å². The van der Waals surface area contributed by atoms with Gasteiger partial charge in [0, 0.05) is 50.5 Å². The van der Waals surface area contributed by atoms with Crippen molar-refractivity contribution in [1.29, 1.82) is 0 Å². The second-order valence-electron chi connectivity index (χ2n) is 7.18. The maximum atomic E-state index is 13.0. The quantitative estimate of drug-likeness (QED) is 0.746.